The minimum Gasteiger partial charge on any atom is -0.354 e. The minimum absolute atomic E-state index is 0.196. The number of fused-ring (bicyclic) bond motifs is 6. The molecule has 8 aliphatic rings. The second-order valence-electron chi connectivity index (χ2n) is 23.6. The van der Waals surface area contributed by atoms with Crippen LogP contribution in [0.1, 0.15) is 89.1 Å². The number of nitrogens with one attached hydrogen (secondary N) is 3. The highest BCUT2D eigenvalue weighted by molar-refractivity contribution is 5.83. The Morgan fingerprint density at radius 2 is 0.888 bits per heavy atom. The SMILES string of the molecule is Cc1cc2nc3c(=O)[nH]c(=O)nc-3n(CC3CCCCN3Cc3ccccc3)c2cc1C.Cc1cc2nc3c(=O)[nH]c(=O)nc-3n(CCCn3cccc3)c2cc1C.Cc1cc2nc3c(=O)[nH]c(=O)nc-3n(CCN3CCCC3c3ccccc3)c2cc1C. The van der Waals surface area contributed by atoms with Gasteiger partial charge in [0.05, 0.1) is 33.1 Å². The fraction of sp³-hybridized carbons (Fsp3) is 0.324. The largest absolute Gasteiger partial charge is 0.354 e. The van der Waals surface area contributed by atoms with Gasteiger partial charge in [0.2, 0.25) is 0 Å². The summed E-state index contributed by atoms with van der Waals surface area (Å²) in [5.74, 6) is 1.04. The Bertz CT molecular complexity index is 4840. The van der Waals surface area contributed by atoms with Crippen molar-refractivity contribution in [1.82, 2.24) is 72.9 Å². The van der Waals surface area contributed by atoms with Gasteiger partial charge in [0.15, 0.2) is 34.6 Å². The van der Waals surface area contributed by atoms with Gasteiger partial charge in [-0.25, -0.2) is 29.3 Å². The Hall–Kier alpha value is -9.86. The molecule has 8 aliphatic heterocycles. The highest BCUT2D eigenvalue weighted by Gasteiger charge is 2.29. The number of likely N-dealkylation sites (tertiary alicyclic amines) is 2. The lowest BCUT2D eigenvalue weighted by Crippen LogP contribution is -2.42. The number of aromatic nitrogens is 13. The predicted octanol–water partition coefficient (Wildman–Crippen LogP) is 8.39. The van der Waals surface area contributed by atoms with Crippen LogP contribution in [0.4, 0.5) is 0 Å². The second kappa shape index (κ2) is 25.5. The van der Waals surface area contributed by atoms with Crippen LogP contribution in [0.2, 0.25) is 0 Å². The maximum atomic E-state index is 12.6. The van der Waals surface area contributed by atoms with Crippen LogP contribution < -0.4 is 33.7 Å². The van der Waals surface area contributed by atoms with Gasteiger partial charge in [-0.1, -0.05) is 67.1 Å². The lowest BCUT2D eigenvalue weighted by atomic mass is 10.00. The summed E-state index contributed by atoms with van der Waals surface area (Å²) in [5, 5.41) is 0. The van der Waals surface area contributed by atoms with Crippen LogP contribution in [0, 0.1) is 41.5 Å². The van der Waals surface area contributed by atoms with Crippen molar-refractivity contribution in [3.63, 3.8) is 0 Å². The van der Waals surface area contributed by atoms with E-state index in [-0.39, 0.29) is 23.1 Å². The number of H-pyrrole nitrogens is 3. The molecule has 1 aromatic heterocycles. The molecular weight excluding hydrogens is 1120 g/mol. The molecule has 9 heterocycles. The molecule has 454 valence electrons. The molecule has 2 saturated heterocycles. The summed E-state index contributed by atoms with van der Waals surface area (Å²) in [6, 6.07) is 37.9. The third-order valence-corrected chi connectivity index (χ3v) is 17.7. The zero-order valence-corrected chi connectivity index (χ0v) is 50.9. The van der Waals surface area contributed by atoms with Gasteiger partial charge in [-0.05, 0) is 180 Å². The van der Waals surface area contributed by atoms with Crippen LogP contribution in [0.3, 0.4) is 0 Å². The molecule has 0 amide bonds. The average Bonchev–Trinajstić information content (AvgIpc) is 1.36. The van der Waals surface area contributed by atoms with Crippen molar-refractivity contribution < 1.29 is 0 Å². The first-order chi connectivity index (χ1) is 43.0. The molecule has 2 fully saturated rings. The number of hydrogen-bond acceptors (Lipinski definition) is 14. The van der Waals surface area contributed by atoms with E-state index in [9.17, 15) is 28.8 Å². The van der Waals surface area contributed by atoms with Crippen LogP contribution in [0.15, 0.2) is 150 Å². The van der Waals surface area contributed by atoms with Crippen molar-refractivity contribution >= 4 is 33.1 Å². The fourth-order valence-electron chi connectivity index (χ4n) is 12.6. The molecule has 0 aliphatic carbocycles. The van der Waals surface area contributed by atoms with Crippen LogP contribution in [-0.2, 0) is 32.7 Å². The summed E-state index contributed by atoms with van der Waals surface area (Å²) in [7, 11) is 0. The van der Waals surface area contributed by atoms with E-state index in [0.29, 0.717) is 43.1 Å². The number of aromatic amines is 3. The number of piperidine rings is 1. The number of nitrogens with zero attached hydrogens (tertiary/aromatic N) is 12. The molecule has 2 unspecified atom stereocenters. The van der Waals surface area contributed by atoms with E-state index in [1.54, 1.807) is 0 Å². The van der Waals surface area contributed by atoms with Crippen LogP contribution in [-0.4, -0.2) is 98.6 Å². The smallest absolute Gasteiger partial charge is 0.349 e. The van der Waals surface area contributed by atoms with Gasteiger partial charge >= 0.3 is 17.1 Å². The van der Waals surface area contributed by atoms with Crippen LogP contribution in [0.25, 0.3) is 67.7 Å². The van der Waals surface area contributed by atoms with Gasteiger partial charge in [-0.3, -0.25) is 39.1 Å². The molecule has 0 radical (unpaired) electrons. The molecule has 21 nitrogen and oxygen atoms in total. The molecule has 2 atom stereocenters. The van der Waals surface area contributed by atoms with Crippen molar-refractivity contribution in [1.29, 1.82) is 0 Å². The molecule has 5 aromatic carbocycles. The lowest BCUT2D eigenvalue weighted by molar-refractivity contribution is 0.126. The zero-order chi connectivity index (χ0) is 62.0. The second-order valence-corrected chi connectivity index (χ2v) is 23.6. The van der Waals surface area contributed by atoms with Crippen LogP contribution >= 0.6 is 0 Å². The number of hydrogen-bond donors (Lipinski definition) is 3. The summed E-state index contributed by atoms with van der Waals surface area (Å²) in [5.41, 5.74) is 11.5. The standard InChI is InChI=1S/C25H27N5O2.C24H25N5O2.C19H19N5O2/c1-16-12-20-21(13-17(16)2)30(23-22(26-20)24(31)28-25(32)27-23)15-19-10-6-7-11-29(19)14-18-8-4-3-5-9-18;1-15-13-18-20(14-16(15)2)29(22-21(25-18)23(30)27-24(31)26-22)12-11-28-10-6-9-19(28)17-7-4-3-5-8-17;1-12-10-14-15(11-13(12)2)24(9-5-8-23-6-3-4-7-23)17-16(20-14)18(25)22-19(26)21-17/h3-5,8-9,12-13,19H,6-7,10-11,14-15H2,1-2H3,(H,28,31,32);3-5,7-8,13-14,19H,6,9-12H2,1-2H3,(H,27,30,31);3-4,6-7,10-11H,5,8-9H2,1-2H3,(H,22,25,26). The highest BCUT2D eigenvalue weighted by atomic mass is 16.2. The first-order valence-corrected chi connectivity index (χ1v) is 30.5. The van der Waals surface area contributed by atoms with Crippen molar-refractivity contribution in [2.45, 2.75) is 125 Å². The maximum absolute atomic E-state index is 12.6. The highest BCUT2D eigenvalue weighted by Crippen LogP contribution is 2.33. The zero-order valence-electron chi connectivity index (χ0n) is 50.9. The summed E-state index contributed by atoms with van der Waals surface area (Å²) < 4.78 is 8.06. The summed E-state index contributed by atoms with van der Waals surface area (Å²) in [4.78, 5) is 111. The third kappa shape index (κ3) is 12.7. The van der Waals surface area contributed by atoms with Gasteiger partial charge in [0, 0.05) is 63.7 Å². The predicted molar refractivity (Wildman–Crippen MR) is 345 cm³/mol. The summed E-state index contributed by atoms with van der Waals surface area (Å²) >= 11 is 0. The van der Waals surface area contributed by atoms with E-state index < -0.39 is 33.7 Å². The van der Waals surface area contributed by atoms with Crippen molar-refractivity contribution in [3.05, 3.63) is 229 Å². The average molecular weight is 1190 g/mol. The monoisotopic (exact) mass is 1190 g/mol. The Labute approximate surface area is 511 Å². The molecular formula is C68H71N15O6. The first-order valence-electron chi connectivity index (χ1n) is 30.5. The molecule has 3 N–H and O–H groups in total. The van der Waals surface area contributed by atoms with E-state index in [2.05, 4.69) is 134 Å². The van der Waals surface area contributed by atoms with E-state index in [4.69, 9.17) is 0 Å². The molecule has 0 spiro atoms. The summed E-state index contributed by atoms with van der Waals surface area (Å²) in [6.07, 6.45) is 10.5. The fourth-order valence-corrected chi connectivity index (χ4v) is 12.6. The Kier molecular flexibility index (Phi) is 17.0. The van der Waals surface area contributed by atoms with E-state index in [0.717, 1.165) is 131 Å². The van der Waals surface area contributed by atoms with Gasteiger partial charge in [-0.15, -0.1) is 0 Å². The van der Waals surface area contributed by atoms with Crippen LogP contribution in [0.5, 0.6) is 0 Å². The van der Waals surface area contributed by atoms with Crippen molar-refractivity contribution in [3.8, 4) is 34.6 Å². The molecule has 21 heteroatoms. The minimum atomic E-state index is -0.647. The van der Waals surface area contributed by atoms with E-state index >= 15 is 0 Å². The Balaban J connectivity index is 0.000000130. The topological polar surface area (TPSA) is 253 Å². The number of aryl methyl sites for hydroxylation is 8. The first kappa shape index (κ1) is 59.5. The molecule has 89 heavy (non-hydrogen) atoms. The Morgan fingerprint density at radius 3 is 1.40 bits per heavy atom. The van der Waals surface area contributed by atoms with Gasteiger partial charge in [0.1, 0.15) is 0 Å². The molecule has 0 bridgehead atoms. The number of rotatable bonds is 12. The third-order valence-electron chi connectivity index (χ3n) is 17.7. The van der Waals surface area contributed by atoms with Gasteiger partial charge in [0.25, 0.3) is 16.7 Å². The van der Waals surface area contributed by atoms with Gasteiger partial charge < -0.3 is 18.3 Å². The van der Waals surface area contributed by atoms with E-state index in [1.165, 1.54) is 17.5 Å². The van der Waals surface area contributed by atoms with Crippen molar-refractivity contribution in [2.75, 3.05) is 19.6 Å². The lowest BCUT2D eigenvalue weighted by Gasteiger charge is -2.37. The normalized spacial score (nSPS) is 15.5. The summed E-state index contributed by atoms with van der Waals surface area (Å²) in [6.45, 7) is 18.7. The molecule has 0 saturated carbocycles. The molecule has 14 rings (SSSR count). The Morgan fingerprint density at radius 1 is 0.438 bits per heavy atom. The van der Waals surface area contributed by atoms with E-state index in [1.807, 2.05) is 102 Å². The molecule has 6 aromatic rings. The quantitative estimate of drug-likeness (QED) is 0.0972. The van der Waals surface area contributed by atoms with Gasteiger partial charge in [-0.2, -0.15) is 15.0 Å². The maximum Gasteiger partial charge on any atom is 0.349 e. The van der Waals surface area contributed by atoms with Crippen molar-refractivity contribution in [2.24, 2.45) is 0 Å². The number of benzene rings is 5.